The Morgan fingerprint density at radius 1 is 0.641 bits per heavy atom. The van der Waals surface area contributed by atoms with Crippen molar-refractivity contribution in [1.82, 2.24) is 60.0 Å². The molecule has 12 amide bonds. The molecular weight excluding hydrogens is 1370 g/mol. The Labute approximate surface area is 607 Å². The van der Waals surface area contributed by atoms with Gasteiger partial charge in [-0.25, -0.2) is 13.2 Å². The Morgan fingerprint density at radius 2 is 1.26 bits per heavy atom. The number of nitrogens with one attached hydrogen (secondary N) is 3. The molecule has 24 nitrogen and oxygen atoms in total. The minimum atomic E-state index is -4.60. The van der Waals surface area contributed by atoms with Crippen molar-refractivity contribution in [2.24, 2.45) is 35.5 Å². The van der Waals surface area contributed by atoms with Crippen molar-refractivity contribution in [3.63, 3.8) is 0 Å². The molecule has 2 bridgehead atoms. The lowest BCUT2D eigenvalue weighted by molar-refractivity contribution is -0.182. The Bertz CT molecular complexity index is 3060. The summed E-state index contributed by atoms with van der Waals surface area (Å²) in [5, 5.41) is 6.85. The molecule has 0 radical (unpaired) electrons. The maximum Gasteiger partial charge on any atom is 0.393 e. The van der Waals surface area contributed by atoms with Gasteiger partial charge < -0.3 is 60.0 Å². The molecule has 3 unspecified atom stereocenters. The van der Waals surface area contributed by atoms with Crippen LogP contribution in [0, 0.1) is 35.5 Å². The van der Waals surface area contributed by atoms with Crippen molar-refractivity contribution in [2.45, 2.75) is 266 Å². The molecular formula is C72H113ClF6N12O12. The molecule has 7 rings (SSSR count). The topological polar surface area (TPSA) is 270 Å². The van der Waals surface area contributed by atoms with Gasteiger partial charge in [-0.2, -0.15) is 13.2 Å². The van der Waals surface area contributed by atoms with Gasteiger partial charge in [-0.3, -0.25) is 57.5 Å². The molecule has 3 heterocycles. The van der Waals surface area contributed by atoms with E-state index in [4.69, 9.17) is 11.6 Å². The van der Waals surface area contributed by atoms with Crippen molar-refractivity contribution in [2.75, 3.05) is 82.6 Å². The van der Waals surface area contributed by atoms with E-state index in [1.165, 1.54) is 80.9 Å². The van der Waals surface area contributed by atoms with E-state index in [1.54, 1.807) is 13.8 Å². The van der Waals surface area contributed by atoms with E-state index < -0.39 is 205 Å². The molecule has 7 aliphatic rings. The van der Waals surface area contributed by atoms with Gasteiger partial charge in [0.25, 0.3) is 5.92 Å². The second-order valence-corrected chi connectivity index (χ2v) is 32.1. The predicted molar refractivity (Wildman–Crippen MR) is 371 cm³/mol. The highest BCUT2D eigenvalue weighted by Crippen LogP contribution is 2.45. The summed E-state index contributed by atoms with van der Waals surface area (Å²) < 4.78 is 89.1. The molecule has 582 valence electrons. The minimum Gasteiger partial charge on any atom is -0.347 e. The van der Waals surface area contributed by atoms with Gasteiger partial charge in [0.1, 0.15) is 60.0 Å². The Kier molecular flexibility index (Phi) is 29.1. The molecule has 12 atom stereocenters. The normalized spacial score (nSPS) is 31.7. The summed E-state index contributed by atoms with van der Waals surface area (Å²) in [6.07, 6.45) is -2.75. The van der Waals surface area contributed by atoms with Gasteiger partial charge in [-0.15, -0.1) is 11.6 Å². The summed E-state index contributed by atoms with van der Waals surface area (Å²) in [5.74, 6) is -17.3. The quantitative estimate of drug-likeness (QED) is 0.152. The van der Waals surface area contributed by atoms with Crippen LogP contribution in [0.25, 0.3) is 0 Å². The number of carbonyl (C=O) groups is 12. The molecule has 3 saturated heterocycles. The zero-order valence-corrected chi connectivity index (χ0v) is 63.1. The number of likely N-dealkylation sites (N-methyl/N-ethyl adjacent to an activating group) is 7. The fourth-order valence-corrected chi connectivity index (χ4v) is 17.0. The zero-order valence-electron chi connectivity index (χ0n) is 62.3. The van der Waals surface area contributed by atoms with Crippen LogP contribution in [0.5, 0.6) is 0 Å². The summed E-state index contributed by atoms with van der Waals surface area (Å²) in [7, 11) is 11.0. The smallest absolute Gasteiger partial charge is 0.347 e. The van der Waals surface area contributed by atoms with Crippen LogP contribution in [0.3, 0.4) is 0 Å². The molecule has 0 aromatic rings. The molecule has 31 heteroatoms. The standard InChI is InChI=1S/C72H113ClF6N12O12/c1-13-43(4)59-67(101)85(8)40-58(94)86(9)51-22-15-14-18-33-90(66(51)100)54(36-45-23-27-47(74)28-24-45)65(99)84(7)39-56(92)80-50(30-26-44-25-29-48(49(73)35-44)72(77,78)79)63(97)91-41-71(75,76)38-55(91)62(96)82-70(31-19-32-70)69(103)89(12)60(46-20-16-17-21-46)68(102)88(11)53(64(98)83(5)6)37-57(93)87(10)52(34-42(2)3)61(95)81-59/h42-55,59-60H,13-41H2,1-12H3,(H,80,92)(H,81,95)(H,82,96)/t43-,44?,45?,47?,48?,49?,50-,51-,52-,53-,54-,55-,59-,60-/m0/s1. The molecule has 1 spiro atoms. The first-order chi connectivity index (χ1) is 48.2. The second kappa shape index (κ2) is 35.7. The molecule has 3 N–H and O–H groups in total. The van der Waals surface area contributed by atoms with E-state index >= 15 is 32.8 Å². The maximum atomic E-state index is 16.1. The molecule has 4 aliphatic carbocycles. The third-order valence-corrected chi connectivity index (χ3v) is 23.8. The van der Waals surface area contributed by atoms with Gasteiger partial charge in [0.2, 0.25) is 70.9 Å². The van der Waals surface area contributed by atoms with E-state index in [0.717, 1.165) is 14.7 Å². The summed E-state index contributed by atoms with van der Waals surface area (Å²) in [5.41, 5.74) is -1.81. The number of rotatable bonds is 11. The minimum absolute atomic E-state index is 0.0101. The van der Waals surface area contributed by atoms with Crippen molar-refractivity contribution >= 4 is 82.5 Å². The number of amides is 12. The fourth-order valence-electron chi connectivity index (χ4n) is 16.5. The molecule has 103 heavy (non-hydrogen) atoms. The van der Waals surface area contributed by atoms with E-state index in [0.29, 0.717) is 75.5 Å². The molecule has 3 aliphatic heterocycles. The number of fused-ring (bicyclic) bond motifs is 3. The number of hydrogen-bond acceptors (Lipinski definition) is 12. The predicted octanol–water partition coefficient (Wildman–Crippen LogP) is 6.29. The number of alkyl halides is 7. The van der Waals surface area contributed by atoms with Crippen molar-refractivity contribution in [3.05, 3.63) is 0 Å². The lowest BCUT2D eigenvalue weighted by atomic mass is 9.74. The van der Waals surface area contributed by atoms with Gasteiger partial charge in [0.05, 0.1) is 32.0 Å². The highest BCUT2D eigenvalue weighted by molar-refractivity contribution is 6.21. The summed E-state index contributed by atoms with van der Waals surface area (Å²) >= 11 is 6.36. The average Bonchev–Trinajstić information content (AvgIpc) is 1.75. The second-order valence-electron chi connectivity index (χ2n) is 31.5. The van der Waals surface area contributed by atoms with Gasteiger partial charge in [-0.05, 0) is 145 Å². The first-order valence-electron chi connectivity index (χ1n) is 37.2. The summed E-state index contributed by atoms with van der Waals surface area (Å²) in [4.78, 5) is 190. The maximum absolute atomic E-state index is 16.1. The number of halogens is 7. The van der Waals surface area contributed by atoms with Crippen LogP contribution in [0.2, 0.25) is 0 Å². The van der Waals surface area contributed by atoms with E-state index in [1.807, 2.05) is 13.8 Å². The van der Waals surface area contributed by atoms with E-state index in [-0.39, 0.29) is 95.4 Å². The number of carbonyl (C=O) groups excluding carboxylic acids is 12. The van der Waals surface area contributed by atoms with Gasteiger partial charge in [0.15, 0.2) is 0 Å². The number of nitrogens with zero attached hydrogens (tertiary/aromatic N) is 9. The van der Waals surface area contributed by atoms with Gasteiger partial charge >= 0.3 is 6.18 Å². The first-order valence-corrected chi connectivity index (χ1v) is 37.7. The zero-order chi connectivity index (χ0) is 76.5. The van der Waals surface area contributed by atoms with Crippen LogP contribution < -0.4 is 16.0 Å². The van der Waals surface area contributed by atoms with Crippen LogP contribution >= 0.6 is 11.6 Å². The molecule has 0 aromatic heterocycles. The van der Waals surface area contributed by atoms with E-state index in [2.05, 4.69) is 16.0 Å². The fraction of sp³-hybridized carbons (Fsp3) is 0.833. The first kappa shape index (κ1) is 83.8. The van der Waals surface area contributed by atoms with E-state index in [9.17, 15) is 51.1 Å². The lowest BCUT2D eigenvalue weighted by Gasteiger charge is -2.46. The SMILES string of the molecule is CC[C@H](C)[C@@H]1NC(=O)[C@H](CC(C)C)N(C)C(=O)C[C@@H](C(=O)N(C)C)N(C)C(=O)[C@H](C2CCCC2)N(C)C(=O)C2(CCC2)NC(=O)[C@@H]2CC(F)(F)CN2C(=O)[C@H](CCC2CCC(C(F)(F)F)C(Cl)C2)NC(=O)CN(C)C(=O)[C@H](CC2CCC(F)CC2)N2CCCCC[C@@H](C2=O)N(C)C(=O)CN(C)C1=O. The lowest BCUT2D eigenvalue weighted by Crippen LogP contribution is -2.68. The van der Waals surface area contributed by atoms with Crippen LogP contribution in [-0.4, -0.2) is 275 Å². The Balaban J connectivity index is 1.30. The molecule has 0 aromatic carbocycles. The average molecular weight is 1490 g/mol. The van der Waals surface area contributed by atoms with Crippen LogP contribution in [0.4, 0.5) is 26.3 Å². The van der Waals surface area contributed by atoms with Crippen molar-refractivity contribution < 1.29 is 83.9 Å². The number of hydrogen-bond donors (Lipinski definition) is 3. The van der Waals surface area contributed by atoms with Gasteiger partial charge in [-0.1, -0.05) is 59.8 Å². The summed E-state index contributed by atoms with van der Waals surface area (Å²) in [6, 6.07) is -11.5. The Hall–Kier alpha value is -6.49. The highest BCUT2D eigenvalue weighted by atomic mass is 35.5. The van der Waals surface area contributed by atoms with Crippen LogP contribution in [-0.2, 0) is 57.5 Å². The monoisotopic (exact) mass is 1490 g/mol. The largest absolute Gasteiger partial charge is 0.393 e. The highest BCUT2D eigenvalue weighted by Gasteiger charge is 2.57. The Morgan fingerprint density at radius 3 is 1.84 bits per heavy atom. The summed E-state index contributed by atoms with van der Waals surface area (Å²) in [6.45, 7) is 4.51. The molecule has 7 fully saturated rings. The van der Waals surface area contributed by atoms with Gasteiger partial charge in [0, 0.05) is 74.7 Å². The molecule has 4 saturated carbocycles. The third-order valence-electron chi connectivity index (χ3n) is 23.3. The van der Waals surface area contributed by atoms with Crippen molar-refractivity contribution in [3.8, 4) is 0 Å². The third kappa shape index (κ3) is 20.6. The van der Waals surface area contributed by atoms with Crippen molar-refractivity contribution in [1.29, 1.82) is 0 Å². The van der Waals surface area contributed by atoms with Crippen LogP contribution in [0.15, 0.2) is 0 Å². The van der Waals surface area contributed by atoms with Crippen LogP contribution in [0.1, 0.15) is 188 Å².